The Labute approximate surface area is 156 Å². The van der Waals surface area contributed by atoms with Crippen LogP contribution in [-0.2, 0) is 9.84 Å². The zero-order chi connectivity index (χ0) is 18.4. The number of benzene rings is 2. The number of aromatic amines is 1. The molecule has 26 heavy (non-hydrogen) atoms. The number of hydrogen-bond donors (Lipinski definition) is 1. The van der Waals surface area contributed by atoms with Crippen molar-refractivity contribution in [1.82, 2.24) is 4.98 Å². The lowest BCUT2D eigenvalue weighted by Gasteiger charge is -2.07. The fraction of sp³-hybridized carbons (Fsp3) is 0.364. The summed E-state index contributed by atoms with van der Waals surface area (Å²) in [5.74, 6) is 0.209. The molecule has 0 spiro atoms. The van der Waals surface area contributed by atoms with Gasteiger partial charge in [0.2, 0.25) is 0 Å². The van der Waals surface area contributed by atoms with Gasteiger partial charge < -0.3 is 4.98 Å². The van der Waals surface area contributed by atoms with Gasteiger partial charge >= 0.3 is 0 Å². The number of unbranched alkanes of at least 4 members (excludes halogenated alkanes) is 5. The molecule has 1 heterocycles. The van der Waals surface area contributed by atoms with Crippen LogP contribution < -0.4 is 0 Å². The molecular formula is C22H27NO2S. The number of hydrogen-bond acceptors (Lipinski definition) is 2. The summed E-state index contributed by atoms with van der Waals surface area (Å²) in [7, 11) is -3.35. The SMILES string of the molecule is CCCCCCCCS(=O)(=O)c1c(-c2ccccc2)[nH]c2ccccc12. The highest BCUT2D eigenvalue weighted by Gasteiger charge is 2.24. The molecule has 4 heteroatoms. The first kappa shape index (κ1) is 18.7. The van der Waals surface area contributed by atoms with Gasteiger partial charge in [0.05, 0.1) is 11.4 Å². The number of nitrogens with one attached hydrogen (secondary N) is 1. The molecule has 0 aliphatic heterocycles. The minimum absolute atomic E-state index is 0.209. The summed E-state index contributed by atoms with van der Waals surface area (Å²) in [6.07, 6.45) is 6.44. The van der Waals surface area contributed by atoms with Crippen molar-refractivity contribution in [2.24, 2.45) is 0 Å². The third-order valence-corrected chi connectivity index (χ3v) is 6.67. The van der Waals surface area contributed by atoms with Crippen LogP contribution in [0.1, 0.15) is 45.4 Å². The number of rotatable bonds is 9. The van der Waals surface area contributed by atoms with Gasteiger partial charge in [-0.05, 0) is 18.1 Å². The predicted octanol–water partition coefficient (Wildman–Crippen LogP) is 5.97. The first-order valence-corrected chi connectivity index (χ1v) is 11.2. The summed E-state index contributed by atoms with van der Waals surface area (Å²) in [5.41, 5.74) is 2.48. The lowest BCUT2D eigenvalue weighted by atomic mass is 10.1. The second-order valence-electron chi connectivity index (χ2n) is 6.83. The van der Waals surface area contributed by atoms with Crippen LogP contribution in [0, 0.1) is 0 Å². The Morgan fingerprint density at radius 3 is 2.23 bits per heavy atom. The minimum Gasteiger partial charge on any atom is -0.353 e. The van der Waals surface area contributed by atoms with Crippen LogP contribution in [0.5, 0.6) is 0 Å². The molecule has 138 valence electrons. The zero-order valence-corrected chi connectivity index (χ0v) is 16.2. The Morgan fingerprint density at radius 1 is 0.808 bits per heavy atom. The fourth-order valence-corrected chi connectivity index (χ4v) is 5.20. The van der Waals surface area contributed by atoms with Gasteiger partial charge in [-0.2, -0.15) is 0 Å². The van der Waals surface area contributed by atoms with Crippen LogP contribution in [-0.4, -0.2) is 19.2 Å². The molecule has 0 atom stereocenters. The van der Waals surface area contributed by atoms with E-state index in [0.717, 1.165) is 35.7 Å². The maximum absolute atomic E-state index is 13.2. The fourth-order valence-electron chi connectivity index (χ4n) is 3.42. The van der Waals surface area contributed by atoms with Gasteiger partial charge in [0.25, 0.3) is 0 Å². The summed E-state index contributed by atoms with van der Waals surface area (Å²) in [6.45, 7) is 2.19. The second-order valence-corrected chi connectivity index (χ2v) is 8.87. The van der Waals surface area contributed by atoms with E-state index in [1.807, 2.05) is 54.6 Å². The van der Waals surface area contributed by atoms with E-state index in [4.69, 9.17) is 0 Å². The smallest absolute Gasteiger partial charge is 0.181 e. The lowest BCUT2D eigenvalue weighted by molar-refractivity contribution is 0.584. The van der Waals surface area contributed by atoms with Gasteiger partial charge in [0.15, 0.2) is 9.84 Å². The molecule has 1 N–H and O–H groups in total. The molecule has 0 fully saturated rings. The van der Waals surface area contributed by atoms with Crippen molar-refractivity contribution in [3.05, 3.63) is 54.6 Å². The Hall–Kier alpha value is -2.07. The van der Waals surface area contributed by atoms with Crippen molar-refractivity contribution in [2.45, 2.75) is 50.3 Å². The van der Waals surface area contributed by atoms with Crippen molar-refractivity contribution in [3.63, 3.8) is 0 Å². The van der Waals surface area contributed by atoms with E-state index in [-0.39, 0.29) is 5.75 Å². The van der Waals surface area contributed by atoms with E-state index in [0.29, 0.717) is 10.6 Å². The Bertz CT molecular complexity index is 943. The van der Waals surface area contributed by atoms with Crippen LogP contribution >= 0.6 is 0 Å². The van der Waals surface area contributed by atoms with E-state index in [1.165, 1.54) is 19.3 Å². The Kier molecular flexibility index (Phi) is 6.15. The van der Waals surface area contributed by atoms with E-state index >= 15 is 0 Å². The molecule has 3 aromatic rings. The highest BCUT2D eigenvalue weighted by atomic mass is 32.2. The van der Waals surface area contributed by atoms with Gasteiger partial charge in [-0.1, -0.05) is 87.6 Å². The summed E-state index contributed by atoms with van der Waals surface area (Å²) >= 11 is 0. The lowest BCUT2D eigenvalue weighted by Crippen LogP contribution is -2.08. The summed E-state index contributed by atoms with van der Waals surface area (Å²) in [6, 6.07) is 17.4. The number of para-hydroxylation sites is 1. The van der Waals surface area contributed by atoms with Gasteiger partial charge in [0.1, 0.15) is 4.90 Å². The zero-order valence-electron chi connectivity index (χ0n) is 15.4. The quantitative estimate of drug-likeness (QED) is 0.472. The van der Waals surface area contributed by atoms with Crippen LogP contribution in [0.25, 0.3) is 22.2 Å². The van der Waals surface area contributed by atoms with Crippen LogP contribution in [0.2, 0.25) is 0 Å². The summed E-state index contributed by atoms with van der Waals surface area (Å²) < 4.78 is 26.3. The van der Waals surface area contributed by atoms with Gasteiger partial charge in [-0.25, -0.2) is 8.42 Å². The number of aromatic nitrogens is 1. The first-order valence-electron chi connectivity index (χ1n) is 9.52. The van der Waals surface area contributed by atoms with Gasteiger partial charge in [-0.3, -0.25) is 0 Å². The third kappa shape index (κ3) is 4.18. The standard InChI is InChI=1S/C22H27NO2S/c1-2-3-4-5-6-12-17-26(24,25)22-19-15-10-11-16-20(19)23-21(22)18-13-8-7-9-14-18/h7-11,13-16,23H,2-6,12,17H2,1H3. The molecule has 1 aromatic heterocycles. The maximum atomic E-state index is 13.2. The normalized spacial score (nSPS) is 11.9. The highest BCUT2D eigenvalue weighted by molar-refractivity contribution is 7.91. The number of H-pyrrole nitrogens is 1. The Morgan fingerprint density at radius 2 is 1.46 bits per heavy atom. The van der Waals surface area contributed by atoms with Gasteiger partial charge in [-0.15, -0.1) is 0 Å². The summed E-state index contributed by atoms with van der Waals surface area (Å²) in [5, 5.41) is 0.789. The predicted molar refractivity (Wildman–Crippen MR) is 109 cm³/mol. The molecule has 2 aromatic carbocycles. The third-order valence-electron chi connectivity index (χ3n) is 4.80. The molecule has 3 nitrogen and oxygen atoms in total. The average molecular weight is 370 g/mol. The summed E-state index contributed by atoms with van der Waals surface area (Å²) in [4.78, 5) is 3.78. The number of fused-ring (bicyclic) bond motifs is 1. The molecule has 0 bridgehead atoms. The highest BCUT2D eigenvalue weighted by Crippen LogP contribution is 2.34. The van der Waals surface area contributed by atoms with Crippen LogP contribution in [0.15, 0.2) is 59.5 Å². The van der Waals surface area contributed by atoms with Crippen molar-refractivity contribution in [1.29, 1.82) is 0 Å². The Balaban J connectivity index is 1.90. The second kappa shape index (κ2) is 8.54. The molecule has 0 aliphatic carbocycles. The van der Waals surface area contributed by atoms with Crippen molar-refractivity contribution < 1.29 is 8.42 Å². The monoisotopic (exact) mass is 369 g/mol. The molecule has 3 rings (SSSR count). The maximum Gasteiger partial charge on any atom is 0.181 e. The average Bonchev–Trinajstić information content (AvgIpc) is 3.06. The van der Waals surface area contributed by atoms with Crippen molar-refractivity contribution in [2.75, 3.05) is 5.75 Å². The van der Waals surface area contributed by atoms with Crippen LogP contribution in [0.3, 0.4) is 0 Å². The molecule has 0 saturated heterocycles. The molecule has 0 unspecified atom stereocenters. The first-order chi connectivity index (χ1) is 12.6. The van der Waals surface area contributed by atoms with E-state index in [9.17, 15) is 8.42 Å². The van der Waals surface area contributed by atoms with E-state index in [2.05, 4.69) is 11.9 Å². The van der Waals surface area contributed by atoms with Gasteiger partial charge in [0, 0.05) is 10.9 Å². The molecule has 0 amide bonds. The molecule has 0 aliphatic rings. The minimum atomic E-state index is -3.35. The van der Waals surface area contributed by atoms with Crippen LogP contribution in [0.4, 0.5) is 0 Å². The van der Waals surface area contributed by atoms with Crippen molar-refractivity contribution >= 4 is 20.7 Å². The molecule has 0 radical (unpaired) electrons. The molecular weight excluding hydrogens is 342 g/mol. The number of sulfone groups is 1. The molecule has 0 saturated carbocycles. The largest absolute Gasteiger partial charge is 0.353 e. The topological polar surface area (TPSA) is 49.9 Å². The van der Waals surface area contributed by atoms with E-state index < -0.39 is 9.84 Å². The van der Waals surface area contributed by atoms with E-state index in [1.54, 1.807) is 0 Å². The van der Waals surface area contributed by atoms with Crippen molar-refractivity contribution in [3.8, 4) is 11.3 Å².